The Kier molecular flexibility index (Phi) is 5.30. The molecule has 4 heterocycles. The van der Waals surface area contributed by atoms with Crippen molar-refractivity contribution >= 4 is 22.8 Å². The van der Waals surface area contributed by atoms with Gasteiger partial charge in [-0.15, -0.1) is 0 Å². The number of ether oxygens (including phenoxy) is 3. The van der Waals surface area contributed by atoms with Gasteiger partial charge < -0.3 is 29.4 Å². The highest BCUT2D eigenvalue weighted by molar-refractivity contribution is 6.33. The molecule has 5 atom stereocenters. The molecule has 0 bridgehead atoms. The van der Waals surface area contributed by atoms with Crippen molar-refractivity contribution in [2.75, 3.05) is 13.2 Å². The van der Waals surface area contributed by atoms with Crippen molar-refractivity contribution in [3.05, 3.63) is 40.9 Å². The summed E-state index contributed by atoms with van der Waals surface area (Å²) < 4.78 is 17.1. The summed E-state index contributed by atoms with van der Waals surface area (Å²) in [5, 5.41) is 19.6. The molecule has 2 aliphatic heterocycles. The van der Waals surface area contributed by atoms with Gasteiger partial charge in [-0.3, -0.25) is 0 Å². The third-order valence-corrected chi connectivity index (χ3v) is 5.52. The number of nitrogens with one attached hydrogen (secondary N) is 1. The fourth-order valence-electron chi connectivity index (χ4n) is 3.74. The first-order chi connectivity index (χ1) is 15.0. The standard InChI is InChI=1S/C22H20ClN3O5/c1-11(27)2-3-12-4-6-13(7-5-12)18-14(23)8-15-21(25-18)26-22(24-15)31-17-10-30-19-16(28)9-29-20(17)19/h4-8,11,16-17,19-20,27-28H,9-10H2,1H3,(H,24,25,26)/t11?,16-,17-,19-,20-/m1/s1. The normalized spacial score (nSPS) is 25.8. The number of fused-ring (bicyclic) bond motifs is 2. The molecule has 2 aliphatic rings. The second-order valence-electron chi connectivity index (χ2n) is 7.57. The van der Waals surface area contributed by atoms with Crippen molar-refractivity contribution < 1.29 is 24.4 Å². The molecule has 31 heavy (non-hydrogen) atoms. The fraction of sp³-hybridized carbons (Fsp3) is 0.364. The third-order valence-electron chi connectivity index (χ3n) is 5.23. The van der Waals surface area contributed by atoms with Crippen LogP contribution < -0.4 is 4.74 Å². The minimum atomic E-state index is -0.679. The van der Waals surface area contributed by atoms with Crippen molar-refractivity contribution in [1.82, 2.24) is 15.0 Å². The quantitative estimate of drug-likeness (QED) is 0.532. The van der Waals surface area contributed by atoms with E-state index in [2.05, 4.69) is 26.8 Å². The van der Waals surface area contributed by atoms with Crippen LogP contribution in [0.5, 0.6) is 6.01 Å². The van der Waals surface area contributed by atoms with Crippen LogP contribution in [0.25, 0.3) is 22.4 Å². The number of halogens is 1. The summed E-state index contributed by atoms with van der Waals surface area (Å²) in [7, 11) is 0. The second-order valence-corrected chi connectivity index (χ2v) is 7.98. The largest absolute Gasteiger partial charge is 0.456 e. The van der Waals surface area contributed by atoms with E-state index >= 15 is 0 Å². The smallest absolute Gasteiger partial charge is 0.296 e. The Morgan fingerprint density at radius 2 is 1.97 bits per heavy atom. The Morgan fingerprint density at radius 3 is 2.74 bits per heavy atom. The number of aliphatic hydroxyl groups excluding tert-OH is 2. The topological polar surface area (TPSA) is 110 Å². The van der Waals surface area contributed by atoms with Crippen LogP contribution in [-0.4, -0.2) is 68.9 Å². The van der Waals surface area contributed by atoms with Crippen molar-refractivity contribution in [2.45, 2.75) is 37.4 Å². The van der Waals surface area contributed by atoms with Gasteiger partial charge in [0.15, 0.2) is 11.8 Å². The van der Waals surface area contributed by atoms with E-state index in [0.717, 1.165) is 11.1 Å². The van der Waals surface area contributed by atoms with Gasteiger partial charge in [0.05, 0.1) is 29.4 Å². The SMILES string of the molecule is CC(O)C#Cc1ccc(-c2nc3nc(O[C@@H]4CO[C@H]5[C@@H]4OC[C@H]5O)[nH]c3cc2Cl)cc1. The Morgan fingerprint density at radius 1 is 1.19 bits per heavy atom. The van der Waals surface area contributed by atoms with Gasteiger partial charge in [0.25, 0.3) is 6.01 Å². The Balaban J connectivity index is 1.38. The summed E-state index contributed by atoms with van der Waals surface area (Å²) in [6.45, 7) is 2.16. The lowest BCUT2D eigenvalue weighted by Crippen LogP contribution is -2.34. The Labute approximate surface area is 183 Å². The third kappa shape index (κ3) is 3.99. The van der Waals surface area contributed by atoms with E-state index in [0.29, 0.717) is 34.5 Å². The van der Waals surface area contributed by atoms with Crippen LogP contribution in [0.3, 0.4) is 0 Å². The number of aromatic amines is 1. The van der Waals surface area contributed by atoms with Gasteiger partial charge in [0.2, 0.25) is 0 Å². The fourth-order valence-corrected chi connectivity index (χ4v) is 4.00. The number of aromatic nitrogens is 3. The zero-order chi connectivity index (χ0) is 21.5. The lowest BCUT2D eigenvalue weighted by Gasteiger charge is -2.15. The number of nitrogens with zero attached hydrogens (tertiary/aromatic N) is 2. The van der Waals surface area contributed by atoms with E-state index in [1.807, 2.05) is 24.3 Å². The molecule has 2 aromatic heterocycles. The maximum atomic E-state index is 9.87. The van der Waals surface area contributed by atoms with Crippen LogP contribution in [0.4, 0.5) is 0 Å². The predicted molar refractivity (Wildman–Crippen MR) is 113 cm³/mol. The molecule has 8 nitrogen and oxygen atoms in total. The number of imidazole rings is 1. The van der Waals surface area contributed by atoms with E-state index in [1.54, 1.807) is 13.0 Å². The van der Waals surface area contributed by atoms with Gasteiger partial charge in [-0.25, -0.2) is 4.98 Å². The van der Waals surface area contributed by atoms with Crippen LogP contribution in [0.1, 0.15) is 12.5 Å². The van der Waals surface area contributed by atoms with E-state index in [9.17, 15) is 10.2 Å². The minimum absolute atomic E-state index is 0.235. The molecular formula is C22H20ClN3O5. The van der Waals surface area contributed by atoms with Crippen LogP contribution in [0.2, 0.25) is 5.02 Å². The Bertz CT molecular complexity index is 1170. The predicted octanol–water partition coefficient (Wildman–Crippen LogP) is 1.92. The highest BCUT2D eigenvalue weighted by atomic mass is 35.5. The first-order valence-corrected chi connectivity index (χ1v) is 10.3. The molecule has 0 aliphatic carbocycles. The maximum absolute atomic E-state index is 9.87. The summed E-state index contributed by atoms with van der Waals surface area (Å²) in [5.74, 6) is 5.61. The highest BCUT2D eigenvalue weighted by Gasteiger charge is 2.48. The van der Waals surface area contributed by atoms with Crippen LogP contribution in [0, 0.1) is 11.8 Å². The first-order valence-electron chi connectivity index (χ1n) is 9.92. The molecule has 1 unspecified atom stereocenters. The van der Waals surface area contributed by atoms with Crippen molar-refractivity contribution in [3.8, 4) is 29.1 Å². The number of benzene rings is 1. The molecule has 0 radical (unpaired) electrons. The molecule has 3 N–H and O–H groups in total. The van der Waals surface area contributed by atoms with E-state index < -0.39 is 12.2 Å². The number of hydrogen-bond donors (Lipinski definition) is 3. The summed E-state index contributed by atoms with van der Waals surface area (Å²) in [6, 6.07) is 9.48. The zero-order valence-corrected chi connectivity index (χ0v) is 17.3. The molecular weight excluding hydrogens is 422 g/mol. The van der Waals surface area contributed by atoms with Crippen molar-refractivity contribution in [1.29, 1.82) is 0 Å². The number of hydrogen-bond acceptors (Lipinski definition) is 7. The highest BCUT2D eigenvalue weighted by Crippen LogP contribution is 2.32. The maximum Gasteiger partial charge on any atom is 0.296 e. The molecule has 9 heteroatoms. The summed E-state index contributed by atoms with van der Waals surface area (Å²) in [6.07, 6.45) is -2.39. The number of pyridine rings is 1. The van der Waals surface area contributed by atoms with Gasteiger partial charge >= 0.3 is 0 Å². The van der Waals surface area contributed by atoms with Crippen LogP contribution in [0.15, 0.2) is 30.3 Å². The molecule has 0 saturated carbocycles. The Hall–Kier alpha value is -2.67. The summed E-state index contributed by atoms with van der Waals surface area (Å²) in [4.78, 5) is 12.1. The molecule has 3 aromatic rings. The molecule has 0 spiro atoms. The van der Waals surface area contributed by atoms with Crippen molar-refractivity contribution in [2.24, 2.45) is 0 Å². The molecule has 5 rings (SSSR count). The minimum Gasteiger partial charge on any atom is -0.456 e. The molecule has 1 aromatic carbocycles. The van der Waals surface area contributed by atoms with Gasteiger partial charge in [-0.05, 0) is 25.1 Å². The monoisotopic (exact) mass is 441 g/mol. The van der Waals surface area contributed by atoms with E-state index in [1.165, 1.54) is 0 Å². The average Bonchev–Trinajstić information content (AvgIpc) is 3.43. The zero-order valence-electron chi connectivity index (χ0n) is 16.6. The van der Waals surface area contributed by atoms with E-state index in [-0.39, 0.29) is 24.9 Å². The van der Waals surface area contributed by atoms with Crippen LogP contribution >= 0.6 is 11.6 Å². The van der Waals surface area contributed by atoms with Crippen LogP contribution in [-0.2, 0) is 9.47 Å². The van der Waals surface area contributed by atoms with E-state index in [4.69, 9.17) is 25.8 Å². The lowest BCUT2D eigenvalue weighted by molar-refractivity contribution is 0.00706. The molecule has 2 saturated heterocycles. The molecule has 160 valence electrons. The summed E-state index contributed by atoms with van der Waals surface area (Å²) in [5.41, 5.74) is 3.31. The molecule has 0 amide bonds. The summed E-state index contributed by atoms with van der Waals surface area (Å²) >= 11 is 6.47. The lowest BCUT2D eigenvalue weighted by atomic mass is 10.1. The number of H-pyrrole nitrogens is 1. The number of rotatable bonds is 3. The first kappa shape index (κ1) is 20.2. The van der Waals surface area contributed by atoms with Gasteiger partial charge in [0, 0.05) is 11.1 Å². The van der Waals surface area contributed by atoms with Gasteiger partial charge in [-0.2, -0.15) is 4.98 Å². The van der Waals surface area contributed by atoms with Crippen molar-refractivity contribution in [3.63, 3.8) is 0 Å². The van der Waals surface area contributed by atoms with Gasteiger partial charge in [0.1, 0.15) is 24.4 Å². The second kappa shape index (κ2) is 8.11. The number of aliphatic hydroxyl groups is 2. The molecule has 2 fully saturated rings. The average molecular weight is 442 g/mol. The van der Waals surface area contributed by atoms with Gasteiger partial charge in [-0.1, -0.05) is 35.6 Å².